The molecule has 3 aromatic rings. The molecule has 29 heavy (non-hydrogen) atoms. The summed E-state index contributed by atoms with van der Waals surface area (Å²) in [6.07, 6.45) is 5.25. The molecule has 1 aromatic carbocycles. The maximum absolute atomic E-state index is 12.2. The highest BCUT2D eigenvalue weighted by molar-refractivity contribution is 5.84. The summed E-state index contributed by atoms with van der Waals surface area (Å²) >= 11 is 0. The molecule has 1 amide bonds. The minimum absolute atomic E-state index is 0.265. The van der Waals surface area contributed by atoms with E-state index in [1.54, 1.807) is 17.3 Å². The molecule has 0 spiro atoms. The molecule has 1 aliphatic rings. The predicted molar refractivity (Wildman–Crippen MR) is 113 cm³/mol. The molecule has 8 heteroatoms. The van der Waals surface area contributed by atoms with Crippen LogP contribution < -0.4 is 10.6 Å². The molecule has 0 atom stereocenters. The Morgan fingerprint density at radius 2 is 1.72 bits per heavy atom. The van der Waals surface area contributed by atoms with E-state index in [2.05, 4.69) is 14.9 Å². The monoisotopic (exact) mass is 394 g/mol. The van der Waals surface area contributed by atoms with E-state index in [1.165, 1.54) is 0 Å². The van der Waals surface area contributed by atoms with E-state index < -0.39 is 5.60 Å². The fourth-order valence-corrected chi connectivity index (χ4v) is 3.41. The molecule has 1 aliphatic heterocycles. The Balaban J connectivity index is 1.43. The number of piperazine rings is 1. The van der Waals surface area contributed by atoms with Gasteiger partial charge in [0.1, 0.15) is 11.4 Å². The number of hydrogen-bond donors (Lipinski definition) is 1. The Morgan fingerprint density at radius 3 is 2.38 bits per heavy atom. The normalized spacial score (nSPS) is 15.0. The van der Waals surface area contributed by atoms with Crippen LogP contribution in [0.25, 0.3) is 16.7 Å². The van der Waals surface area contributed by atoms with Gasteiger partial charge < -0.3 is 20.3 Å². The van der Waals surface area contributed by atoms with Crippen LogP contribution in [0, 0.1) is 0 Å². The third-order valence-corrected chi connectivity index (χ3v) is 4.84. The SMILES string of the molecule is CC(C)(C)OC(=O)N1CCN(c2cnc(-n3ccc4cc(N)ccc43)cn2)CC1. The molecule has 1 fully saturated rings. The number of fused-ring (bicyclic) bond motifs is 1. The van der Waals surface area contributed by atoms with Crippen LogP contribution in [0.1, 0.15) is 20.8 Å². The summed E-state index contributed by atoms with van der Waals surface area (Å²) in [6.45, 7) is 8.21. The number of nitrogen functional groups attached to an aromatic ring is 1. The second-order valence-electron chi connectivity index (χ2n) is 8.19. The molecule has 0 bridgehead atoms. The predicted octanol–water partition coefficient (Wildman–Crippen LogP) is 3.06. The summed E-state index contributed by atoms with van der Waals surface area (Å²) in [5, 5.41) is 1.06. The van der Waals surface area contributed by atoms with Crippen molar-refractivity contribution in [3.05, 3.63) is 42.9 Å². The van der Waals surface area contributed by atoms with Crippen molar-refractivity contribution in [2.24, 2.45) is 0 Å². The molecular formula is C21H26N6O2. The van der Waals surface area contributed by atoms with E-state index in [4.69, 9.17) is 10.5 Å². The van der Waals surface area contributed by atoms with Crippen molar-refractivity contribution >= 4 is 28.5 Å². The zero-order valence-electron chi connectivity index (χ0n) is 17.0. The van der Waals surface area contributed by atoms with Gasteiger partial charge in [-0.15, -0.1) is 0 Å². The lowest BCUT2D eigenvalue weighted by molar-refractivity contribution is 0.0240. The summed E-state index contributed by atoms with van der Waals surface area (Å²) in [6, 6.07) is 7.82. The fraction of sp³-hybridized carbons (Fsp3) is 0.381. The number of ether oxygens (including phenoxy) is 1. The highest BCUT2D eigenvalue weighted by Gasteiger charge is 2.26. The van der Waals surface area contributed by atoms with Crippen molar-refractivity contribution in [3.8, 4) is 5.82 Å². The van der Waals surface area contributed by atoms with Crippen LogP contribution in [0.4, 0.5) is 16.3 Å². The molecule has 1 saturated heterocycles. The van der Waals surface area contributed by atoms with Crippen LogP contribution in [0.2, 0.25) is 0 Å². The van der Waals surface area contributed by atoms with Gasteiger partial charge in [0, 0.05) is 43.4 Å². The van der Waals surface area contributed by atoms with Crippen LogP contribution >= 0.6 is 0 Å². The summed E-state index contributed by atoms with van der Waals surface area (Å²) < 4.78 is 7.44. The molecule has 0 unspecified atom stereocenters. The van der Waals surface area contributed by atoms with Crippen molar-refractivity contribution < 1.29 is 9.53 Å². The van der Waals surface area contributed by atoms with E-state index >= 15 is 0 Å². The maximum Gasteiger partial charge on any atom is 0.410 e. The van der Waals surface area contributed by atoms with E-state index in [1.807, 2.05) is 55.8 Å². The Labute approximate surface area is 169 Å². The zero-order valence-corrected chi connectivity index (χ0v) is 17.0. The highest BCUT2D eigenvalue weighted by Crippen LogP contribution is 2.22. The van der Waals surface area contributed by atoms with Gasteiger partial charge >= 0.3 is 6.09 Å². The Bertz CT molecular complexity index is 1010. The number of carbonyl (C=O) groups is 1. The van der Waals surface area contributed by atoms with Gasteiger partial charge in [0.2, 0.25) is 0 Å². The van der Waals surface area contributed by atoms with Crippen molar-refractivity contribution in [2.45, 2.75) is 26.4 Å². The smallest absolute Gasteiger partial charge is 0.410 e. The number of nitrogens with two attached hydrogens (primary N) is 1. The van der Waals surface area contributed by atoms with Crippen molar-refractivity contribution in [3.63, 3.8) is 0 Å². The van der Waals surface area contributed by atoms with Crippen LogP contribution in [0.15, 0.2) is 42.9 Å². The summed E-state index contributed by atoms with van der Waals surface area (Å²) in [5.74, 6) is 1.55. The lowest BCUT2D eigenvalue weighted by Crippen LogP contribution is -2.50. The molecule has 2 aromatic heterocycles. The van der Waals surface area contributed by atoms with Crippen LogP contribution in [0.5, 0.6) is 0 Å². The minimum atomic E-state index is -0.482. The van der Waals surface area contributed by atoms with Gasteiger partial charge in [-0.3, -0.25) is 4.57 Å². The number of aromatic nitrogens is 3. The molecule has 8 nitrogen and oxygen atoms in total. The Hall–Kier alpha value is -3.29. The lowest BCUT2D eigenvalue weighted by Gasteiger charge is -2.36. The van der Waals surface area contributed by atoms with E-state index in [9.17, 15) is 4.79 Å². The van der Waals surface area contributed by atoms with Crippen LogP contribution in [0.3, 0.4) is 0 Å². The largest absolute Gasteiger partial charge is 0.444 e. The first-order valence-electron chi connectivity index (χ1n) is 9.72. The summed E-state index contributed by atoms with van der Waals surface area (Å²) in [7, 11) is 0. The standard InChI is InChI=1S/C21H26N6O2/c1-21(2,3)29-20(28)26-10-8-25(9-11-26)18-13-24-19(14-23-18)27-7-6-15-12-16(22)4-5-17(15)27/h4-7,12-14H,8-11,22H2,1-3H3. The molecule has 0 saturated carbocycles. The first-order valence-corrected chi connectivity index (χ1v) is 9.72. The van der Waals surface area contributed by atoms with Gasteiger partial charge in [-0.05, 0) is 45.0 Å². The van der Waals surface area contributed by atoms with Gasteiger partial charge in [-0.2, -0.15) is 0 Å². The van der Waals surface area contributed by atoms with E-state index in [-0.39, 0.29) is 6.09 Å². The first kappa shape index (κ1) is 19.0. The molecule has 0 aliphatic carbocycles. The quantitative estimate of drug-likeness (QED) is 0.672. The molecule has 3 heterocycles. The average Bonchev–Trinajstić information content (AvgIpc) is 3.10. The second kappa shape index (κ2) is 7.27. The Morgan fingerprint density at radius 1 is 1.03 bits per heavy atom. The molecular weight excluding hydrogens is 368 g/mol. The van der Waals surface area contributed by atoms with Crippen molar-refractivity contribution in [2.75, 3.05) is 36.8 Å². The molecule has 152 valence electrons. The molecule has 4 rings (SSSR count). The fourth-order valence-electron chi connectivity index (χ4n) is 3.41. The van der Waals surface area contributed by atoms with Crippen LogP contribution in [-0.2, 0) is 4.74 Å². The highest BCUT2D eigenvalue weighted by atomic mass is 16.6. The molecule has 2 N–H and O–H groups in total. The van der Waals surface area contributed by atoms with Crippen molar-refractivity contribution in [1.82, 2.24) is 19.4 Å². The summed E-state index contributed by atoms with van der Waals surface area (Å²) in [5.41, 5.74) is 7.15. The third kappa shape index (κ3) is 4.11. The lowest BCUT2D eigenvalue weighted by atomic mass is 10.2. The van der Waals surface area contributed by atoms with Gasteiger partial charge in [0.05, 0.1) is 17.9 Å². The van der Waals surface area contributed by atoms with E-state index in [0.29, 0.717) is 26.2 Å². The third-order valence-electron chi connectivity index (χ3n) is 4.84. The Kier molecular flexibility index (Phi) is 4.77. The van der Waals surface area contributed by atoms with Crippen LogP contribution in [-0.4, -0.2) is 57.3 Å². The van der Waals surface area contributed by atoms with Gasteiger partial charge in [-0.25, -0.2) is 14.8 Å². The van der Waals surface area contributed by atoms with Gasteiger partial charge in [-0.1, -0.05) is 0 Å². The maximum atomic E-state index is 12.2. The minimum Gasteiger partial charge on any atom is -0.444 e. The van der Waals surface area contributed by atoms with Gasteiger partial charge in [0.15, 0.2) is 5.82 Å². The average molecular weight is 394 g/mol. The molecule has 0 radical (unpaired) electrons. The zero-order chi connectivity index (χ0) is 20.6. The number of benzene rings is 1. The number of hydrogen-bond acceptors (Lipinski definition) is 6. The van der Waals surface area contributed by atoms with Gasteiger partial charge in [0.25, 0.3) is 0 Å². The van der Waals surface area contributed by atoms with E-state index in [0.717, 1.165) is 28.2 Å². The van der Waals surface area contributed by atoms with Crippen molar-refractivity contribution in [1.29, 1.82) is 0 Å². The number of amides is 1. The number of rotatable bonds is 2. The number of nitrogens with zero attached hydrogens (tertiary/aromatic N) is 5. The second-order valence-corrected chi connectivity index (χ2v) is 8.19. The summed E-state index contributed by atoms with van der Waals surface area (Å²) in [4.78, 5) is 25.3. The number of carbonyl (C=O) groups excluding carboxylic acids is 1. The first-order chi connectivity index (χ1) is 13.8. The topological polar surface area (TPSA) is 89.5 Å². The number of anilines is 2.